The smallest absolute Gasteiger partial charge is 0.408 e. The van der Waals surface area contributed by atoms with Crippen LogP contribution in [0.4, 0.5) is 4.79 Å². The number of alkyl carbamates (subject to hydrolysis) is 1. The molecule has 1 fully saturated rings. The van der Waals surface area contributed by atoms with Gasteiger partial charge < -0.3 is 29.7 Å². The van der Waals surface area contributed by atoms with Crippen molar-refractivity contribution in [3.8, 4) is 0 Å². The molecule has 2 N–H and O–H groups in total. The van der Waals surface area contributed by atoms with Crippen LogP contribution < -0.4 is 10.6 Å². The van der Waals surface area contributed by atoms with Crippen LogP contribution in [0, 0.1) is 5.41 Å². The first kappa shape index (κ1) is 32.3. The maximum atomic E-state index is 13.5. The molecule has 0 aliphatic carbocycles. The zero-order valence-corrected chi connectivity index (χ0v) is 24.2. The van der Waals surface area contributed by atoms with Gasteiger partial charge in [-0.1, -0.05) is 63.8 Å². The molecule has 2 rings (SSSR count). The summed E-state index contributed by atoms with van der Waals surface area (Å²) in [6, 6.07) is 5.73. The van der Waals surface area contributed by atoms with Crippen molar-refractivity contribution in [3.63, 3.8) is 0 Å². The molecule has 220 valence electrons. The topological polar surface area (TPSA) is 140 Å². The summed E-state index contributed by atoms with van der Waals surface area (Å²) in [4.78, 5) is 65.8. The first-order valence-electron chi connectivity index (χ1n) is 13.2. The first-order chi connectivity index (χ1) is 18.6. The van der Waals surface area contributed by atoms with E-state index in [-0.39, 0.29) is 13.2 Å². The number of ether oxygens (including phenoxy) is 3. The van der Waals surface area contributed by atoms with Gasteiger partial charge in [0.05, 0.1) is 6.42 Å². The normalized spacial score (nSPS) is 16.4. The Labute approximate surface area is 235 Å². The number of hydrogen-bond acceptors (Lipinski definition) is 8. The molecule has 0 bridgehead atoms. The van der Waals surface area contributed by atoms with Gasteiger partial charge in [-0.25, -0.2) is 9.59 Å². The van der Waals surface area contributed by atoms with Crippen LogP contribution in [0.25, 0.3) is 0 Å². The van der Waals surface area contributed by atoms with Gasteiger partial charge in [0, 0.05) is 6.54 Å². The highest BCUT2D eigenvalue weighted by molar-refractivity contribution is 5.95. The summed E-state index contributed by atoms with van der Waals surface area (Å²) in [7, 11) is 0. The number of rotatable bonds is 11. The standard InChI is InChI=1S/C29H41N3O8/c1-8-16-38-26(36)21-14-15-32(21)25(35)23(28(2,3)4)31-24(34)20(17-22(33)40-29(5,6)7)30-27(37)39-18-19-12-10-9-11-13-19/h8-13,20-21,23H,1,14-18H2,2-7H3,(H,30,37)(H,31,34)/t20-,21+,23?/m0/s1. The SMILES string of the molecule is C=CCOC(=O)[C@H]1CCN1C(=O)C(NC(=O)[C@H](CC(=O)OC(C)(C)C)NC(=O)OCc1ccccc1)C(C)(C)C. The molecule has 3 atom stereocenters. The van der Waals surface area contributed by atoms with Crippen LogP contribution in [-0.2, 0) is 40.0 Å². The molecule has 1 heterocycles. The second-order valence-electron chi connectivity index (χ2n) is 11.6. The maximum Gasteiger partial charge on any atom is 0.408 e. The number of likely N-dealkylation sites (tertiary alicyclic amines) is 1. The number of benzene rings is 1. The summed E-state index contributed by atoms with van der Waals surface area (Å²) in [5.74, 6) is -2.52. The number of amides is 3. The summed E-state index contributed by atoms with van der Waals surface area (Å²) in [6.07, 6.45) is 0.458. The molecular formula is C29H41N3O8. The van der Waals surface area contributed by atoms with Gasteiger partial charge in [0.1, 0.15) is 36.9 Å². The Kier molecular flexibility index (Phi) is 11.3. The van der Waals surface area contributed by atoms with Gasteiger partial charge in [-0.05, 0) is 38.2 Å². The average Bonchev–Trinajstić information content (AvgIpc) is 2.82. The summed E-state index contributed by atoms with van der Waals surface area (Å²) in [5.41, 5.74) is -0.856. The summed E-state index contributed by atoms with van der Waals surface area (Å²) in [5, 5.41) is 5.10. The molecule has 0 spiro atoms. The second-order valence-corrected chi connectivity index (χ2v) is 11.6. The highest BCUT2D eigenvalue weighted by Crippen LogP contribution is 2.27. The van der Waals surface area contributed by atoms with Crippen LogP contribution >= 0.6 is 0 Å². The third-order valence-electron chi connectivity index (χ3n) is 5.93. The molecule has 1 aliphatic heterocycles. The molecule has 3 amide bonds. The van der Waals surface area contributed by atoms with Crippen molar-refractivity contribution < 1.29 is 38.2 Å². The van der Waals surface area contributed by atoms with E-state index in [1.54, 1.807) is 65.8 Å². The molecule has 1 saturated heterocycles. The van der Waals surface area contributed by atoms with Gasteiger partial charge in [-0.3, -0.25) is 14.4 Å². The third kappa shape index (κ3) is 10.0. The first-order valence-corrected chi connectivity index (χ1v) is 13.2. The predicted octanol–water partition coefficient (Wildman–Crippen LogP) is 2.87. The second kappa shape index (κ2) is 14.0. The van der Waals surface area contributed by atoms with E-state index in [9.17, 15) is 24.0 Å². The molecule has 0 saturated carbocycles. The van der Waals surface area contributed by atoms with Crippen LogP contribution in [0.15, 0.2) is 43.0 Å². The Bertz CT molecular complexity index is 1070. The van der Waals surface area contributed by atoms with E-state index < -0.39 is 65.4 Å². The molecule has 0 aromatic heterocycles. The van der Waals surface area contributed by atoms with E-state index in [2.05, 4.69) is 17.2 Å². The summed E-state index contributed by atoms with van der Waals surface area (Å²) in [6.45, 7) is 14.1. The molecule has 1 aliphatic rings. The van der Waals surface area contributed by atoms with Gasteiger partial charge >= 0.3 is 18.0 Å². The minimum absolute atomic E-state index is 0.0230. The van der Waals surface area contributed by atoms with E-state index >= 15 is 0 Å². The van der Waals surface area contributed by atoms with E-state index in [1.165, 1.54) is 11.0 Å². The minimum Gasteiger partial charge on any atom is -0.460 e. The van der Waals surface area contributed by atoms with E-state index in [0.717, 1.165) is 5.56 Å². The molecule has 1 aromatic rings. The zero-order chi connectivity index (χ0) is 30.1. The van der Waals surface area contributed by atoms with Gasteiger partial charge in [0.2, 0.25) is 11.8 Å². The summed E-state index contributed by atoms with van der Waals surface area (Å²) >= 11 is 0. The van der Waals surface area contributed by atoms with Gasteiger partial charge in [0.25, 0.3) is 0 Å². The van der Waals surface area contributed by atoms with Crippen molar-refractivity contribution in [2.24, 2.45) is 5.41 Å². The number of hydrogen-bond donors (Lipinski definition) is 2. The minimum atomic E-state index is -1.39. The Hall–Kier alpha value is -3.89. The fourth-order valence-electron chi connectivity index (χ4n) is 3.86. The highest BCUT2D eigenvalue weighted by atomic mass is 16.6. The number of nitrogens with one attached hydrogen (secondary N) is 2. The molecular weight excluding hydrogens is 518 g/mol. The van der Waals surface area contributed by atoms with Crippen molar-refractivity contribution in [2.45, 2.75) is 84.7 Å². The van der Waals surface area contributed by atoms with Crippen LogP contribution in [0.3, 0.4) is 0 Å². The van der Waals surface area contributed by atoms with Crippen LogP contribution in [-0.4, -0.2) is 71.6 Å². The summed E-state index contributed by atoms with van der Waals surface area (Å²) < 4.78 is 15.7. The van der Waals surface area contributed by atoms with Crippen LogP contribution in [0.1, 0.15) is 59.9 Å². The Balaban J connectivity index is 2.18. The predicted molar refractivity (Wildman–Crippen MR) is 147 cm³/mol. The molecule has 40 heavy (non-hydrogen) atoms. The van der Waals surface area contributed by atoms with Crippen molar-refractivity contribution in [1.82, 2.24) is 15.5 Å². The lowest BCUT2D eigenvalue weighted by Gasteiger charge is -2.43. The number of carbonyl (C=O) groups is 5. The molecule has 11 heteroatoms. The van der Waals surface area contributed by atoms with Crippen molar-refractivity contribution in [2.75, 3.05) is 13.2 Å². The fraction of sp³-hybridized carbons (Fsp3) is 0.552. The Morgan fingerprint density at radius 3 is 2.20 bits per heavy atom. The Morgan fingerprint density at radius 1 is 1.02 bits per heavy atom. The van der Waals surface area contributed by atoms with Crippen LogP contribution in [0.2, 0.25) is 0 Å². The molecule has 11 nitrogen and oxygen atoms in total. The number of nitrogens with zero attached hydrogens (tertiary/aromatic N) is 1. The molecule has 1 unspecified atom stereocenters. The lowest BCUT2D eigenvalue weighted by atomic mass is 9.84. The monoisotopic (exact) mass is 559 g/mol. The number of esters is 2. The maximum absolute atomic E-state index is 13.5. The lowest BCUT2D eigenvalue weighted by Crippen LogP contribution is -2.64. The van der Waals surface area contributed by atoms with E-state index in [0.29, 0.717) is 13.0 Å². The molecule has 0 radical (unpaired) electrons. The average molecular weight is 560 g/mol. The largest absolute Gasteiger partial charge is 0.460 e. The Morgan fingerprint density at radius 2 is 1.68 bits per heavy atom. The zero-order valence-electron chi connectivity index (χ0n) is 24.2. The number of carbonyl (C=O) groups excluding carboxylic acids is 5. The third-order valence-corrected chi connectivity index (χ3v) is 5.93. The quantitative estimate of drug-likeness (QED) is 0.240. The van der Waals surface area contributed by atoms with E-state index in [1.807, 2.05) is 6.07 Å². The molecule has 1 aromatic carbocycles. The van der Waals surface area contributed by atoms with Crippen LogP contribution in [0.5, 0.6) is 0 Å². The van der Waals surface area contributed by atoms with Gasteiger partial charge in [0.15, 0.2) is 0 Å². The van der Waals surface area contributed by atoms with Gasteiger partial charge in [-0.15, -0.1) is 0 Å². The fourth-order valence-corrected chi connectivity index (χ4v) is 3.86. The van der Waals surface area contributed by atoms with Crippen molar-refractivity contribution in [3.05, 3.63) is 48.6 Å². The lowest BCUT2D eigenvalue weighted by molar-refractivity contribution is -0.163. The van der Waals surface area contributed by atoms with Crippen molar-refractivity contribution >= 4 is 29.8 Å². The van der Waals surface area contributed by atoms with Crippen molar-refractivity contribution in [1.29, 1.82) is 0 Å². The van der Waals surface area contributed by atoms with E-state index in [4.69, 9.17) is 14.2 Å². The highest BCUT2D eigenvalue weighted by Gasteiger charge is 2.45. The van der Waals surface area contributed by atoms with Gasteiger partial charge in [-0.2, -0.15) is 0 Å².